The second-order valence-corrected chi connectivity index (χ2v) is 7.27. The van der Waals surface area contributed by atoms with Gasteiger partial charge in [0.15, 0.2) is 11.5 Å². The van der Waals surface area contributed by atoms with E-state index in [1.807, 2.05) is 25.1 Å². The van der Waals surface area contributed by atoms with Gasteiger partial charge < -0.3 is 14.8 Å². The maximum atomic E-state index is 12.4. The quantitative estimate of drug-likeness (QED) is 0.746. The maximum absolute atomic E-state index is 12.4. The average Bonchev–Trinajstić information content (AvgIpc) is 3.21. The molecule has 6 heteroatoms. The summed E-state index contributed by atoms with van der Waals surface area (Å²) >= 11 is 1.56. The number of ether oxygens (including phenoxy) is 2. The number of rotatable bonds is 4. The molecular formula is C20H18N2O3S. The van der Waals surface area contributed by atoms with Crippen LogP contribution in [-0.2, 0) is 11.2 Å². The number of benzene rings is 2. The van der Waals surface area contributed by atoms with E-state index in [2.05, 4.69) is 29.4 Å². The fourth-order valence-corrected chi connectivity index (χ4v) is 3.88. The number of thiazole rings is 1. The van der Waals surface area contributed by atoms with Gasteiger partial charge in [0.05, 0.1) is 12.1 Å². The molecule has 1 N–H and O–H groups in total. The van der Waals surface area contributed by atoms with Crippen molar-refractivity contribution in [2.75, 3.05) is 12.1 Å². The van der Waals surface area contributed by atoms with Crippen LogP contribution >= 0.6 is 11.3 Å². The zero-order valence-electron chi connectivity index (χ0n) is 14.5. The van der Waals surface area contributed by atoms with Crippen molar-refractivity contribution in [1.82, 2.24) is 4.98 Å². The molecular weight excluding hydrogens is 348 g/mol. The molecule has 0 fully saturated rings. The number of hydrogen-bond acceptors (Lipinski definition) is 5. The molecule has 0 bridgehead atoms. The SMILES string of the molecule is Cc1cccc(-c2nc(C)c(CC(=O)Nc3ccc4c(c3)OCO4)s2)c1. The van der Waals surface area contributed by atoms with Crippen molar-refractivity contribution in [2.24, 2.45) is 0 Å². The van der Waals surface area contributed by atoms with E-state index in [1.165, 1.54) is 5.56 Å². The minimum atomic E-state index is -0.0774. The minimum Gasteiger partial charge on any atom is -0.454 e. The zero-order chi connectivity index (χ0) is 18.1. The Hall–Kier alpha value is -2.86. The van der Waals surface area contributed by atoms with E-state index < -0.39 is 0 Å². The van der Waals surface area contributed by atoms with Gasteiger partial charge in [-0.15, -0.1) is 11.3 Å². The van der Waals surface area contributed by atoms with Gasteiger partial charge in [-0.2, -0.15) is 0 Å². The molecule has 0 unspecified atom stereocenters. The summed E-state index contributed by atoms with van der Waals surface area (Å²) in [6, 6.07) is 13.6. The summed E-state index contributed by atoms with van der Waals surface area (Å²) < 4.78 is 10.6. The normalized spacial score (nSPS) is 12.2. The molecule has 0 saturated heterocycles. The van der Waals surface area contributed by atoms with Crippen LogP contribution in [0.5, 0.6) is 11.5 Å². The number of carbonyl (C=O) groups excluding carboxylic acids is 1. The average molecular weight is 366 g/mol. The molecule has 0 spiro atoms. The number of nitrogens with one attached hydrogen (secondary N) is 1. The van der Waals surface area contributed by atoms with Crippen molar-refractivity contribution in [3.8, 4) is 22.1 Å². The Morgan fingerprint density at radius 3 is 2.85 bits per heavy atom. The first-order valence-electron chi connectivity index (χ1n) is 8.31. The van der Waals surface area contributed by atoms with Crippen LogP contribution in [0.4, 0.5) is 5.69 Å². The van der Waals surface area contributed by atoms with Crippen LogP contribution in [0.2, 0.25) is 0 Å². The predicted molar refractivity (Wildman–Crippen MR) is 102 cm³/mol. The molecule has 26 heavy (non-hydrogen) atoms. The molecule has 132 valence electrons. The number of aromatic nitrogens is 1. The molecule has 0 radical (unpaired) electrons. The minimum absolute atomic E-state index is 0.0774. The van der Waals surface area contributed by atoms with Gasteiger partial charge in [0.2, 0.25) is 12.7 Å². The second kappa shape index (κ2) is 6.80. The van der Waals surface area contributed by atoms with Crippen molar-refractivity contribution >= 4 is 22.9 Å². The van der Waals surface area contributed by atoms with E-state index >= 15 is 0 Å². The summed E-state index contributed by atoms with van der Waals surface area (Å²) in [5.74, 6) is 1.27. The molecule has 0 saturated carbocycles. The van der Waals surface area contributed by atoms with Crippen LogP contribution < -0.4 is 14.8 Å². The predicted octanol–water partition coefficient (Wildman–Crippen LogP) is 4.34. The Labute approximate surface area is 155 Å². The molecule has 2 heterocycles. The molecule has 1 aliphatic heterocycles. The van der Waals surface area contributed by atoms with E-state index in [0.717, 1.165) is 21.1 Å². The maximum Gasteiger partial charge on any atom is 0.231 e. The van der Waals surface area contributed by atoms with Gasteiger partial charge in [0.25, 0.3) is 0 Å². The van der Waals surface area contributed by atoms with Gasteiger partial charge in [-0.1, -0.05) is 23.8 Å². The summed E-state index contributed by atoms with van der Waals surface area (Å²) in [7, 11) is 0. The standard InChI is InChI=1S/C20H18N2O3S/c1-12-4-3-5-14(8-12)20-21-13(2)18(26-20)10-19(23)22-15-6-7-16-17(9-15)25-11-24-16/h3-9H,10-11H2,1-2H3,(H,22,23). The fraction of sp³-hybridized carbons (Fsp3) is 0.200. The smallest absolute Gasteiger partial charge is 0.231 e. The Kier molecular flexibility index (Phi) is 4.34. The van der Waals surface area contributed by atoms with E-state index in [-0.39, 0.29) is 12.7 Å². The van der Waals surface area contributed by atoms with Crippen LogP contribution in [0.1, 0.15) is 16.1 Å². The highest BCUT2D eigenvalue weighted by atomic mass is 32.1. The van der Waals surface area contributed by atoms with Gasteiger partial charge in [0.1, 0.15) is 5.01 Å². The lowest BCUT2D eigenvalue weighted by molar-refractivity contribution is -0.115. The topological polar surface area (TPSA) is 60.5 Å². The summed E-state index contributed by atoms with van der Waals surface area (Å²) in [6.07, 6.45) is 0.295. The first-order valence-corrected chi connectivity index (χ1v) is 9.13. The van der Waals surface area contributed by atoms with Gasteiger partial charge >= 0.3 is 0 Å². The summed E-state index contributed by atoms with van der Waals surface area (Å²) in [5.41, 5.74) is 3.87. The third kappa shape index (κ3) is 3.41. The lowest BCUT2D eigenvalue weighted by atomic mass is 10.1. The van der Waals surface area contributed by atoms with Gasteiger partial charge in [-0.25, -0.2) is 4.98 Å². The molecule has 3 aromatic rings. The number of hydrogen-bond donors (Lipinski definition) is 1. The lowest BCUT2D eigenvalue weighted by Crippen LogP contribution is -2.14. The molecule has 1 amide bonds. The highest BCUT2D eigenvalue weighted by molar-refractivity contribution is 7.15. The number of carbonyl (C=O) groups is 1. The van der Waals surface area contributed by atoms with Gasteiger partial charge in [-0.3, -0.25) is 4.79 Å². The van der Waals surface area contributed by atoms with E-state index in [1.54, 1.807) is 23.5 Å². The van der Waals surface area contributed by atoms with Gasteiger partial charge in [0, 0.05) is 22.2 Å². The number of anilines is 1. The number of amides is 1. The molecule has 1 aliphatic rings. The molecule has 0 atom stereocenters. The highest BCUT2D eigenvalue weighted by Crippen LogP contribution is 2.34. The summed E-state index contributed by atoms with van der Waals surface area (Å²) in [4.78, 5) is 18.0. The molecule has 2 aromatic carbocycles. The Balaban J connectivity index is 1.48. The highest BCUT2D eigenvalue weighted by Gasteiger charge is 2.16. The third-order valence-corrected chi connectivity index (χ3v) is 5.34. The lowest BCUT2D eigenvalue weighted by Gasteiger charge is -2.05. The summed E-state index contributed by atoms with van der Waals surface area (Å²) in [5, 5.41) is 3.85. The molecule has 0 aliphatic carbocycles. The van der Waals surface area contributed by atoms with Crippen molar-refractivity contribution < 1.29 is 14.3 Å². The van der Waals surface area contributed by atoms with Gasteiger partial charge in [-0.05, 0) is 32.0 Å². The summed E-state index contributed by atoms with van der Waals surface area (Å²) in [6.45, 7) is 4.22. The number of aryl methyl sites for hydroxylation is 2. The van der Waals surface area contributed by atoms with E-state index in [9.17, 15) is 4.79 Å². The Morgan fingerprint density at radius 2 is 2.00 bits per heavy atom. The Morgan fingerprint density at radius 1 is 1.15 bits per heavy atom. The fourth-order valence-electron chi connectivity index (χ4n) is 2.82. The number of fused-ring (bicyclic) bond motifs is 1. The first-order chi connectivity index (χ1) is 12.6. The van der Waals surface area contributed by atoms with Crippen molar-refractivity contribution in [3.05, 3.63) is 58.6 Å². The molecule has 4 rings (SSSR count). The number of nitrogens with zero attached hydrogens (tertiary/aromatic N) is 1. The first kappa shape index (κ1) is 16.6. The van der Waals surface area contributed by atoms with Crippen LogP contribution in [0.15, 0.2) is 42.5 Å². The molecule has 5 nitrogen and oxygen atoms in total. The van der Waals surface area contributed by atoms with E-state index in [4.69, 9.17) is 9.47 Å². The van der Waals surface area contributed by atoms with Crippen LogP contribution in [0.3, 0.4) is 0 Å². The monoisotopic (exact) mass is 366 g/mol. The van der Waals surface area contributed by atoms with Crippen molar-refractivity contribution in [3.63, 3.8) is 0 Å². The van der Waals surface area contributed by atoms with Crippen molar-refractivity contribution in [2.45, 2.75) is 20.3 Å². The van der Waals surface area contributed by atoms with Crippen LogP contribution in [0, 0.1) is 13.8 Å². The largest absolute Gasteiger partial charge is 0.454 e. The van der Waals surface area contributed by atoms with Crippen LogP contribution in [0.25, 0.3) is 10.6 Å². The molecule has 1 aromatic heterocycles. The van der Waals surface area contributed by atoms with Crippen LogP contribution in [-0.4, -0.2) is 17.7 Å². The second-order valence-electron chi connectivity index (χ2n) is 6.19. The van der Waals surface area contributed by atoms with Crippen molar-refractivity contribution in [1.29, 1.82) is 0 Å². The zero-order valence-corrected chi connectivity index (χ0v) is 15.4. The third-order valence-electron chi connectivity index (χ3n) is 4.14. The Bertz CT molecular complexity index is 981. The van der Waals surface area contributed by atoms with E-state index in [0.29, 0.717) is 23.6 Å².